The van der Waals surface area contributed by atoms with Gasteiger partial charge >= 0.3 is 0 Å². The van der Waals surface area contributed by atoms with Crippen molar-refractivity contribution in [3.8, 4) is 0 Å². The van der Waals surface area contributed by atoms with Crippen LogP contribution in [0.5, 0.6) is 0 Å². The highest BCUT2D eigenvalue weighted by Crippen LogP contribution is 2.31. The highest BCUT2D eigenvalue weighted by molar-refractivity contribution is 6.31. The lowest BCUT2D eigenvalue weighted by atomic mass is 9.96. The van der Waals surface area contributed by atoms with Crippen LogP contribution in [0.25, 0.3) is 0 Å². The Kier molecular flexibility index (Phi) is 5.85. The standard InChI is InChI=1S/C17H23ClN2O/c1-3-16(19)17(14-9-5-6-10-15(14)18)20(4-2)12-13-8-7-11-21-13/h5-11,16-17H,3-4,12,19H2,1-2H3. The zero-order chi connectivity index (χ0) is 15.2. The third-order valence-corrected chi connectivity index (χ3v) is 4.18. The van der Waals surface area contributed by atoms with E-state index in [1.807, 2.05) is 30.3 Å². The average Bonchev–Trinajstić information content (AvgIpc) is 3.01. The van der Waals surface area contributed by atoms with Crippen molar-refractivity contribution in [2.75, 3.05) is 6.54 Å². The maximum Gasteiger partial charge on any atom is 0.117 e. The molecule has 1 aromatic heterocycles. The maximum atomic E-state index is 6.40. The van der Waals surface area contributed by atoms with E-state index in [0.717, 1.165) is 35.9 Å². The van der Waals surface area contributed by atoms with Crippen molar-refractivity contribution >= 4 is 11.6 Å². The molecule has 2 rings (SSSR count). The van der Waals surface area contributed by atoms with Crippen molar-refractivity contribution in [3.63, 3.8) is 0 Å². The quantitative estimate of drug-likeness (QED) is 0.832. The first-order chi connectivity index (χ1) is 10.2. The predicted molar refractivity (Wildman–Crippen MR) is 87.3 cm³/mol. The zero-order valence-corrected chi connectivity index (χ0v) is 13.4. The van der Waals surface area contributed by atoms with E-state index in [0.29, 0.717) is 0 Å². The van der Waals surface area contributed by atoms with Gasteiger partial charge in [-0.3, -0.25) is 4.90 Å². The Balaban J connectivity index is 2.31. The first kappa shape index (κ1) is 16.1. The van der Waals surface area contributed by atoms with Crippen molar-refractivity contribution in [1.82, 2.24) is 4.90 Å². The van der Waals surface area contributed by atoms with Gasteiger partial charge < -0.3 is 10.2 Å². The molecule has 0 aliphatic carbocycles. The zero-order valence-electron chi connectivity index (χ0n) is 12.6. The third-order valence-electron chi connectivity index (χ3n) is 3.84. The van der Waals surface area contributed by atoms with Crippen molar-refractivity contribution < 1.29 is 4.42 Å². The summed E-state index contributed by atoms with van der Waals surface area (Å²) in [6, 6.07) is 12.0. The van der Waals surface area contributed by atoms with Gasteiger partial charge in [-0.05, 0) is 36.7 Å². The molecule has 0 aliphatic rings. The summed E-state index contributed by atoms with van der Waals surface area (Å²) in [5, 5.41) is 0.768. The lowest BCUT2D eigenvalue weighted by molar-refractivity contribution is 0.157. The van der Waals surface area contributed by atoms with Gasteiger partial charge in [0, 0.05) is 11.1 Å². The van der Waals surface area contributed by atoms with Crippen molar-refractivity contribution in [2.24, 2.45) is 5.73 Å². The molecule has 2 unspecified atom stereocenters. The minimum absolute atomic E-state index is 0.0276. The molecule has 0 spiro atoms. The number of furan rings is 1. The van der Waals surface area contributed by atoms with Crippen molar-refractivity contribution in [3.05, 3.63) is 59.0 Å². The van der Waals surface area contributed by atoms with Gasteiger partial charge in [-0.15, -0.1) is 0 Å². The minimum atomic E-state index is 0.0276. The summed E-state index contributed by atoms with van der Waals surface area (Å²) < 4.78 is 5.48. The largest absolute Gasteiger partial charge is 0.468 e. The van der Waals surface area contributed by atoms with Crippen LogP contribution in [0.2, 0.25) is 5.02 Å². The van der Waals surface area contributed by atoms with Crippen LogP contribution in [-0.2, 0) is 6.54 Å². The van der Waals surface area contributed by atoms with Crippen LogP contribution in [0.4, 0.5) is 0 Å². The molecule has 0 saturated carbocycles. The van der Waals surface area contributed by atoms with Gasteiger partial charge in [0.25, 0.3) is 0 Å². The second-order valence-electron chi connectivity index (χ2n) is 5.18. The molecule has 1 heterocycles. The number of benzene rings is 1. The highest BCUT2D eigenvalue weighted by atomic mass is 35.5. The van der Waals surface area contributed by atoms with Crippen LogP contribution in [0, 0.1) is 0 Å². The summed E-state index contributed by atoms with van der Waals surface area (Å²) >= 11 is 6.40. The number of hydrogen-bond acceptors (Lipinski definition) is 3. The molecular formula is C17H23ClN2O. The van der Waals surface area contributed by atoms with Crippen LogP contribution in [-0.4, -0.2) is 17.5 Å². The van der Waals surface area contributed by atoms with Gasteiger partial charge in [-0.1, -0.05) is 43.6 Å². The van der Waals surface area contributed by atoms with E-state index in [9.17, 15) is 0 Å². The van der Waals surface area contributed by atoms with E-state index in [1.165, 1.54) is 0 Å². The number of halogens is 1. The third kappa shape index (κ3) is 3.88. The van der Waals surface area contributed by atoms with Crippen LogP contribution < -0.4 is 5.73 Å². The predicted octanol–water partition coefficient (Wildman–Crippen LogP) is 4.23. The molecule has 1 aromatic carbocycles. The average molecular weight is 307 g/mol. The smallest absolute Gasteiger partial charge is 0.117 e. The Morgan fingerprint density at radius 1 is 1.19 bits per heavy atom. The second kappa shape index (κ2) is 7.64. The van der Waals surface area contributed by atoms with Gasteiger partial charge in [0.1, 0.15) is 5.76 Å². The molecule has 0 aliphatic heterocycles. The molecule has 3 nitrogen and oxygen atoms in total. The van der Waals surface area contributed by atoms with Gasteiger partial charge in [-0.2, -0.15) is 0 Å². The lowest BCUT2D eigenvalue weighted by Crippen LogP contribution is -2.40. The fourth-order valence-electron chi connectivity index (χ4n) is 2.65. The molecule has 0 amide bonds. The van der Waals surface area contributed by atoms with Gasteiger partial charge in [0.2, 0.25) is 0 Å². The second-order valence-corrected chi connectivity index (χ2v) is 5.59. The number of hydrogen-bond donors (Lipinski definition) is 1. The Bertz CT molecular complexity index is 541. The van der Waals surface area contributed by atoms with Gasteiger partial charge in [-0.25, -0.2) is 0 Å². The monoisotopic (exact) mass is 306 g/mol. The van der Waals surface area contributed by atoms with Gasteiger partial charge in [0.05, 0.1) is 18.8 Å². The topological polar surface area (TPSA) is 42.4 Å². The molecule has 0 fully saturated rings. The molecular weight excluding hydrogens is 284 g/mol. The van der Waals surface area contributed by atoms with E-state index in [4.69, 9.17) is 21.8 Å². The van der Waals surface area contributed by atoms with Gasteiger partial charge in [0.15, 0.2) is 0 Å². The molecule has 2 atom stereocenters. The van der Waals surface area contributed by atoms with Crippen molar-refractivity contribution in [2.45, 2.75) is 38.9 Å². The van der Waals surface area contributed by atoms with Crippen LogP contribution in [0.1, 0.15) is 37.6 Å². The molecule has 114 valence electrons. The molecule has 21 heavy (non-hydrogen) atoms. The van der Waals surface area contributed by atoms with E-state index in [1.54, 1.807) is 6.26 Å². The van der Waals surface area contributed by atoms with Crippen LogP contribution in [0.3, 0.4) is 0 Å². The molecule has 0 radical (unpaired) electrons. The normalized spacial score (nSPS) is 14.3. The van der Waals surface area contributed by atoms with Crippen LogP contribution in [0.15, 0.2) is 47.1 Å². The molecule has 4 heteroatoms. The Morgan fingerprint density at radius 3 is 2.52 bits per heavy atom. The summed E-state index contributed by atoms with van der Waals surface area (Å²) in [4.78, 5) is 2.31. The summed E-state index contributed by atoms with van der Waals surface area (Å²) in [6.07, 6.45) is 2.60. The molecule has 0 bridgehead atoms. The van der Waals surface area contributed by atoms with E-state index < -0.39 is 0 Å². The summed E-state index contributed by atoms with van der Waals surface area (Å²) in [7, 11) is 0. The summed E-state index contributed by atoms with van der Waals surface area (Å²) in [5.74, 6) is 0.942. The highest BCUT2D eigenvalue weighted by Gasteiger charge is 2.27. The first-order valence-corrected chi connectivity index (χ1v) is 7.81. The Morgan fingerprint density at radius 2 is 1.95 bits per heavy atom. The van der Waals surface area contributed by atoms with E-state index >= 15 is 0 Å². The molecule has 0 saturated heterocycles. The minimum Gasteiger partial charge on any atom is -0.468 e. The number of nitrogens with two attached hydrogens (primary N) is 1. The van der Waals surface area contributed by atoms with E-state index in [2.05, 4.69) is 24.8 Å². The van der Waals surface area contributed by atoms with Crippen molar-refractivity contribution in [1.29, 1.82) is 0 Å². The first-order valence-electron chi connectivity index (χ1n) is 7.43. The number of likely N-dealkylation sites (N-methyl/N-ethyl adjacent to an activating group) is 1. The Hall–Kier alpha value is -1.29. The number of nitrogens with zero attached hydrogens (tertiary/aromatic N) is 1. The summed E-state index contributed by atoms with van der Waals surface area (Å²) in [5.41, 5.74) is 7.48. The maximum absolute atomic E-state index is 6.40. The SMILES string of the molecule is CCC(N)C(c1ccccc1Cl)N(CC)Cc1ccco1. The Labute approximate surface area is 131 Å². The number of rotatable bonds is 7. The molecule has 2 N–H and O–H groups in total. The fourth-order valence-corrected chi connectivity index (χ4v) is 2.89. The summed E-state index contributed by atoms with van der Waals surface area (Å²) in [6.45, 7) is 5.85. The van der Waals surface area contributed by atoms with E-state index in [-0.39, 0.29) is 12.1 Å². The lowest BCUT2D eigenvalue weighted by Gasteiger charge is -2.35. The van der Waals surface area contributed by atoms with Crippen LogP contribution >= 0.6 is 11.6 Å². The molecule has 2 aromatic rings. The fraction of sp³-hybridized carbons (Fsp3) is 0.412.